The molecule has 2 aliphatic rings. The third-order valence-corrected chi connectivity index (χ3v) is 7.02. The molecule has 1 aliphatic heterocycles. The van der Waals surface area contributed by atoms with Gasteiger partial charge in [0.25, 0.3) is 0 Å². The van der Waals surface area contributed by atoms with Gasteiger partial charge >= 0.3 is 0 Å². The van der Waals surface area contributed by atoms with Crippen molar-refractivity contribution >= 4 is 33.7 Å². The molecule has 2 heterocycles. The summed E-state index contributed by atoms with van der Waals surface area (Å²) in [5.41, 5.74) is 7.84. The van der Waals surface area contributed by atoms with E-state index < -0.39 is 0 Å². The van der Waals surface area contributed by atoms with Gasteiger partial charge in [0, 0.05) is 46.9 Å². The van der Waals surface area contributed by atoms with E-state index in [2.05, 4.69) is 73.4 Å². The summed E-state index contributed by atoms with van der Waals surface area (Å²) >= 11 is 0. The molecule has 156 valence electrons. The number of ether oxygens (including phenoxy) is 1. The molecule has 0 spiro atoms. The van der Waals surface area contributed by atoms with Gasteiger partial charge in [-0.3, -0.25) is 4.79 Å². The lowest BCUT2D eigenvalue weighted by Crippen LogP contribution is -2.30. The number of carbonyl (C=O) groups excluding carboxylic acids is 1. The smallest absolute Gasteiger partial charge is 0.209 e. The van der Waals surface area contributed by atoms with Crippen LogP contribution in [-0.4, -0.2) is 34.8 Å². The number of hydrogen-bond acceptors (Lipinski definition) is 2. The lowest BCUT2D eigenvalue weighted by molar-refractivity contribution is -0.401. The molecular weight excluding hydrogens is 384 g/mol. The minimum Gasteiger partial charge on any atom is -0.495 e. The Hall–Kier alpha value is -3.40. The first-order chi connectivity index (χ1) is 14.8. The Bertz CT molecular complexity index is 1380. The SMILES string of the molecule is COC1=C(c2c(C)n(C)c3ccccc23)C(=O)/C1=C\C1=[N+](C)c2ccccc2C1(C)C. The van der Waals surface area contributed by atoms with Gasteiger partial charge in [0.1, 0.15) is 12.8 Å². The van der Waals surface area contributed by atoms with Gasteiger partial charge in [0.05, 0.1) is 23.7 Å². The van der Waals surface area contributed by atoms with E-state index in [1.807, 2.05) is 25.3 Å². The Labute approximate surface area is 182 Å². The predicted molar refractivity (Wildman–Crippen MR) is 125 cm³/mol. The topological polar surface area (TPSA) is 34.2 Å². The van der Waals surface area contributed by atoms with E-state index in [0.717, 1.165) is 27.9 Å². The Morgan fingerprint density at radius 2 is 1.74 bits per heavy atom. The minimum absolute atomic E-state index is 0.0453. The summed E-state index contributed by atoms with van der Waals surface area (Å²) in [6, 6.07) is 16.6. The van der Waals surface area contributed by atoms with Crippen LogP contribution in [0.3, 0.4) is 0 Å². The van der Waals surface area contributed by atoms with Gasteiger partial charge in [0.15, 0.2) is 5.71 Å². The number of hydrogen-bond donors (Lipinski definition) is 0. The highest BCUT2D eigenvalue weighted by atomic mass is 16.5. The summed E-state index contributed by atoms with van der Waals surface area (Å²) in [5.74, 6) is 0.723. The van der Waals surface area contributed by atoms with Crippen molar-refractivity contribution in [3.8, 4) is 0 Å². The number of rotatable bonds is 3. The van der Waals surface area contributed by atoms with E-state index in [4.69, 9.17) is 4.74 Å². The molecule has 1 aromatic heterocycles. The first-order valence-electron chi connectivity index (χ1n) is 10.6. The predicted octanol–water partition coefficient (Wildman–Crippen LogP) is 5.06. The number of ketones is 1. The van der Waals surface area contributed by atoms with Crippen molar-refractivity contribution in [2.45, 2.75) is 26.2 Å². The quantitative estimate of drug-likeness (QED) is 0.446. The van der Waals surface area contributed by atoms with Gasteiger partial charge in [-0.15, -0.1) is 0 Å². The molecule has 5 rings (SSSR count). The third kappa shape index (κ3) is 2.48. The molecule has 0 fully saturated rings. The average molecular weight is 412 g/mol. The third-order valence-electron chi connectivity index (χ3n) is 7.02. The van der Waals surface area contributed by atoms with Crippen molar-refractivity contribution in [3.05, 3.63) is 82.8 Å². The summed E-state index contributed by atoms with van der Waals surface area (Å²) in [4.78, 5) is 13.5. The second-order valence-electron chi connectivity index (χ2n) is 8.92. The maximum atomic E-state index is 13.5. The standard InChI is InChI=1S/C27H27N2O2/c1-16-23(17-11-7-9-13-20(17)28(16)4)24-25(30)18(26(24)31-6)15-22-27(2,3)19-12-8-10-14-21(19)29(22)5/h7-15H,1-6H3/q+1. The van der Waals surface area contributed by atoms with E-state index >= 15 is 0 Å². The first-order valence-corrected chi connectivity index (χ1v) is 10.6. The van der Waals surface area contributed by atoms with Crippen molar-refractivity contribution in [2.75, 3.05) is 14.2 Å². The fourth-order valence-electron chi connectivity index (χ4n) is 5.22. The Morgan fingerprint density at radius 3 is 2.45 bits per heavy atom. The summed E-state index contributed by atoms with van der Waals surface area (Å²) in [6.45, 7) is 6.47. The number of carbonyl (C=O) groups is 1. The minimum atomic E-state index is -0.192. The van der Waals surface area contributed by atoms with Gasteiger partial charge < -0.3 is 9.30 Å². The molecule has 1 aliphatic carbocycles. The number of methoxy groups -OCH3 is 1. The zero-order valence-electron chi connectivity index (χ0n) is 18.9. The van der Waals surface area contributed by atoms with Crippen LogP contribution in [0.1, 0.15) is 30.7 Å². The zero-order valence-corrected chi connectivity index (χ0v) is 18.9. The number of fused-ring (bicyclic) bond motifs is 2. The summed E-state index contributed by atoms with van der Waals surface area (Å²) in [7, 11) is 5.76. The molecule has 0 saturated carbocycles. The highest BCUT2D eigenvalue weighted by molar-refractivity contribution is 6.41. The Balaban J connectivity index is 1.69. The number of aryl methyl sites for hydroxylation is 1. The highest BCUT2D eigenvalue weighted by Gasteiger charge is 2.46. The molecule has 2 aromatic carbocycles. The van der Waals surface area contributed by atoms with Crippen molar-refractivity contribution in [3.63, 3.8) is 0 Å². The van der Waals surface area contributed by atoms with Gasteiger partial charge in [-0.1, -0.05) is 36.4 Å². The molecule has 0 amide bonds. The number of nitrogens with zero attached hydrogens (tertiary/aromatic N) is 2. The molecule has 4 heteroatoms. The monoisotopic (exact) mass is 411 g/mol. The summed E-state index contributed by atoms with van der Waals surface area (Å²) in [6.07, 6.45) is 2.02. The number of allylic oxidation sites excluding steroid dienone is 3. The largest absolute Gasteiger partial charge is 0.495 e. The van der Waals surface area contributed by atoms with E-state index in [0.29, 0.717) is 16.9 Å². The van der Waals surface area contributed by atoms with Crippen LogP contribution in [-0.2, 0) is 22.0 Å². The molecule has 0 bridgehead atoms. The lowest BCUT2D eigenvalue weighted by atomic mass is 9.77. The van der Waals surface area contributed by atoms with E-state index in [1.54, 1.807) is 7.11 Å². The van der Waals surface area contributed by atoms with Gasteiger partial charge in [0.2, 0.25) is 11.5 Å². The molecule has 0 atom stereocenters. The number of para-hydroxylation sites is 2. The van der Waals surface area contributed by atoms with Crippen LogP contribution in [0.4, 0.5) is 5.69 Å². The molecule has 31 heavy (non-hydrogen) atoms. The molecule has 0 radical (unpaired) electrons. The summed E-state index contributed by atoms with van der Waals surface area (Å²) in [5, 5.41) is 1.08. The highest BCUT2D eigenvalue weighted by Crippen LogP contribution is 2.45. The van der Waals surface area contributed by atoms with Crippen LogP contribution in [0.2, 0.25) is 0 Å². The van der Waals surface area contributed by atoms with Gasteiger partial charge in [-0.25, -0.2) is 0 Å². The van der Waals surface area contributed by atoms with Crippen molar-refractivity contribution < 1.29 is 14.1 Å². The van der Waals surface area contributed by atoms with E-state index in [-0.39, 0.29) is 11.2 Å². The van der Waals surface area contributed by atoms with E-state index in [9.17, 15) is 4.79 Å². The fourth-order valence-corrected chi connectivity index (χ4v) is 5.22. The Kier molecular flexibility index (Phi) is 4.13. The maximum absolute atomic E-state index is 13.5. The number of benzene rings is 2. The van der Waals surface area contributed by atoms with Crippen molar-refractivity contribution in [2.24, 2.45) is 7.05 Å². The van der Waals surface area contributed by atoms with Crippen LogP contribution in [0.5, 0.6) is 0 Å². The van der Waals surface area contributed by atoms with Crippen LogP contribution < -0.4 is 0 Å². The second kappa shape index (κ2) is 6.55. The van der Waals surface area contributed by atoms with E-state index in [1.165, 1.54) is 11.3 Å². The number of aromatic nitrogens is 1. The second-order valence-corrected chi connectivity index (χ2v) is 8.92. The van der Waals surface area contributed by atoms with Crippen LogP contribution in [0.15, 0.2) is 65.9 Å². The molecular formula is C27H27N2O2+. The Morgan fingerprint density at radius 1 is 1.06 bits per heavy atom. The maximum Gasteiger partial charge on any atom is 0.209 e. The van der Waals surface area contributed by atoms with Crippen LogP contribution >= 0.6 is 0 Å². The molecule has 0 N–H and O–H groups in total. The summed E-state index contributed by atoms with van der Waals surface area (Å²) < 4.78 is 10.1. The van der Waals surface area contributed by atoms with Gasteiger partial charge in [-0.05, 0) is 26.8 Å². The van der Waals surface area contributed by atoms with Crippen molar-refractivity contribution in [1.82, 2.24) is 4.57 Å². The lowest BCUT2D eigenvalue weighted by Gasteiger charge is -2.25. The fraction of sp³-hybridized carbons (Fsp3) is 0.259. The van der Waals surface area contributed by atoms with Gasteiger partial charge in [-0.2, -0.15) is 4.58 Å². The number of Topliss-reactive ketones (excluding diaryl/α,β-unsaturated/α-hetero) is 1. The molecule has 3 aromatic rings. The van der Waals surface area contributed by atoms with Crippen LogP contribution in [0.25, 0.3) is 16.5 Å². The van der Waals surface area contributed by atoms with Crippen LogP contribution in [0, 0.1) is 6.92 Å². The molecule has 4 nitrogen and oxygen atoms in total. The average Bonchev–Trinajstić information content (AvgIpc) is 3.12. The van der Waals surface area contributed by atoms with Crippen molar-refractivity contribution in [1.29, 1.82) is 0 Å². The zero-order chi connectivity index (χ0) is 22.1. The molecule has 0 saturated heterocycles. The first kappa shape index (κ1) is 19.6. The normalized spacial score (nSPS) is 18.8. The molecule has 0 unspecified atom stereocenters.